The molecule has 0 heterocycles. The van der Waals surface area contributed by atoms with Gasteiger partial charge in [0, 0.05) is 5.54 Å². The third-order valence-electron chi connectivity index (χ3n) is 1.52. The molecule has 9 heavy (non-hydrogen) atoms. The van der Waals surface area contributed by atoms with E-state index in [4.69, 9.17) is 0 Å². The molecule has 1 saturated carbocycles. The van der Waals surface area contributed by atoms with Crippen molar-refractivity contribution < 1.29 is 4.79 Å². The van der Waals surface area contributed by atoms with Gasteiger partial charge < -0.3 is 5.32 Å². The quantitative estimate of drug-likeness (QED) is 0.468. The molecule has 0 aromatic rings. The van der Waals surface area contributed by atoms with Crippen LogP contribution in [0.4, 0.5) is 4.79 Å². The molecule has 0 saturated heterocycles. The van der Waals surface area contributed by atoms with Crippen LogP contribution in [-0.2, 0) is 0 Å². The lowest BCUT2D eigenvalue weighted by Crippen LogP contribution is -2.38. The van der Waals surface area contributed by atoms with E-state index in [1.807, 2.05) is 6.92 Å². The topological polar surface area (TPSA) is 41.1 Å². The predicted molar refractivity (Wildman–Crippen MR) is 38.3 cm³/mol. The van der Waals surface area contributed by atoms with Gasteiger partial charge in [0.1, 0.15) is 0 Å². The fourth-order valence-corrected chi connectivity index (χ4v) is 0.670. The maximum Gasteiger partial charge on any atom is 0.324 e. The van der Waals surface area contributed by atoms with Crippen molar-refractivity contribution in [2.75, 3.05) is 0 Å². The molecule has 1 fully saturated rings. The molecule has 0 bridgehead atoms. The Morgan fingerprint density at radius 1 is 1.67 bits per heavy atom. The molecule has 1 aliphatic carbocycles. The summed E-state index contributed by atoms with van der Waals surface area (Å²) in [5, 5.41) is 2.75. The van der Waals surface area contributed by atoms with E-state index >= 15 is 0 Å². The van der Waals surface area contributed by atoms with Crippen LogP contribution in [0.5, 0.6) is 0 Å². The van der Waals surface area contributed by atoms with E-state index < -0.39 is 0 Å². The molecule has 2 amide bonds. The molecule has 52 valence electrons. The van der Waals surface area contributed by atoms with Crippen molar-refractivity contribution in [3.8, 4) is 0 Å². The third-order valence-corrected chi connectivity index (χ3v) is 1.72. The lowest BCUT2D eigenvalue weighted by molar-refractivity contribution is 0.242. The maximum absolute atomic E-state index is 10.6. The molecule has 0 unspecified atom stereocenters. The van der Waals surface area contributed by atoms with Gasteiger partial charge in [-0.05, 0) is 19.8 Å². The van der Waals surface area contributed by atoms with E-state index in [0.29, 0.717) is 0 Å². The second-order valence-corrected chi connectivity index (χ2v) is 2.85. The number of amides is 2. The molecule has 0 spiro atoms. The van der Waals surface area contributed by atoms with Crippen molar-refractivity contribution in [1.82, 2.24) is 10.0 Å². The monoisotopic (exact) mass is 146 g/mol. The molecule has 0 aromatic heterocycles. The number of hydrogen-bond acceptors (Lipinski definition) is 2. The molecular formula is C5H10N2OS. The molecule has 4 heteroatoms. The molecule has 2 N–H and O–H groups in total. The van der Waals surface area contributed by atoms with Crippen LogP contribution in [0.3, 0.4) is 0 Å². The Bertz CT molecular complexity index is 133. The van der Waals surface area contributed by atoms with Gasteiger partial charge >= 0.3 is 6.03 Å². The number of hydrogen-bond donors (Lipinski definition) is 3. The normalized spacial score (nSPS) is 20.7. The van der Waals surface area contributed by atoms with E-state index in [2.05, 4.69) is 22.9 Å². The van der Waals surface area contributed by atoms with Gasteiger partial charge in [-0.15, -0.1) is 0 Å². The van der Waals surface area contributed by atoms with E-state index in [9.17, 15) is 4.79 Å². The Labute approximate surface area is 59.7 Å². The van der Waals surface area contributed by atoms with Crippen molar-refractivity contribution in [2.45, 2.75) is 25.3 Å². The maximum atomic E-state index is 10.6. The van der Waals surface area contributed by atoms with Gasteiger partial charge in [0.2, 0.25) is 0 Å². The molecule has 3 nitrogen and oxygen atoms in total. The highest BCUT2D eigenvalue weighted by atomic mass is 32.1. The molecular weight excluding hydrogens is 136 g/mol. The molecule has 0 radical (unpaired) electrons. The zero-order chi connectivity index (χ0) is 6.91. The second kappa shape index (κ2) is 2.10. The van der Waals surface area contributed by atoms with Crippen LogP contribution in [0.1, 0.15) is 19.8 Å². The van der Waals surface area contributed by atoms with E-state index in [-0.39, 0.29) is 11.6 Å². The smallest absolute Gasteiger partial charge is 0.324 e. The highest BCUT2D eigenvalue weighted by Gasteiger charge is 2.38. The summed E-state index contributed by atoms with van der Waals surface area (Å²) < 4.78 is 2.21. The largest absolute Gasteiger partial charge is 0.332 e. The highest BCUT2D eigenvalue weighted by Crippen LogP contribution is 2.33. The Morgan fingerprint density at radius 3 is 2.56 bits per heavy atom. The zero-order valence-corrected chi connectivity index (χ0v) is 6.16. The molecule has 1 aliphatic rings. The first-order valence-corrected chi connectivity index (χ1v) is 3.33. The van der Waals surface area contributed by atoms with Crippen LogP contribution in [0.25, 0.3) is 0 Å². The van der Waals surface area contributed by atoms with Crippen LogP contribution >= 0.6 is 12.8 Å². The summed E-state index contributed by atoms with van der Waals surface area (Å²) in [5.41, 5.74) is 0.0623. The predicted octanol–water partition coefficient (Wildman–Crippen LogP) is 0.683. The Kier molecular flexibility index (Phi) is 1.57. The molecule has 0 aromatic carbocycles. The van der Waals surface area contributed by atoms with Crippen molar-refractivity contribution in [1.29, 1.82) is 0 Å². The standard InChI is InChI=1S/C5H10N2OS/c1-5(2-3-5)6-4(8)7-9/h9H,2-3H2,1H3,(H2,6,7,8). The summed E-state index contributed by atoms with van der Waals surface area (Å²) in [6.45, 7) is 2.01. The second-order valence-electron chi connectivity index (χ2n) is 2.63. The SMILES string of the molecule is CC1(NC(=O)NS)CC1. The van der Waals surface area contributed by atoms with Gasteiger partial charge in [0.15, 0.2) is 0 Å². The average molecular weight is 146 g/mol. The molecule has 1 rings (SSSR count). The Balaban J connectivity index is 2.25. The minimum atomic E-state index is -0.210. The summed E-state index contributed by atoms with van der Waals surface area (Å²) in [6.07, 6.45) is 2.16. The Hall–Kier alpha value is -0.380. The number of carbonyl (C=O) groups excluding carboxylic acids is 1. The van der Waals surface area contributed by atoms with Crippen LogP contribution in [0.15, 0.2) is 0 Å². The number of rotatable bonds is 1. The van der Waals surface area contributed by atoms with Gasteiger partial charge in [0.05, 0.1) is 0 Å². The lowest BCUT2D eigenvalue weighted by Gasteiger charge is -2.08. The summed E-state index contributed by atoms with van der Waals surface area (Å²) in [5.74, 6) is 0. The highest BCUT2D eigenvalue weighted by molar-refractivity contribution is 7.78. The van der Waals surface area contributed by atoms with Crippen LogP contribution in [0, 0.1) is 0 Å². The fourth-order valence-electron chi connectivity index (χ4n) is 0.615. The fraction of sp³-hybridized carbons (Fsp3) is 0.800. The van der Waals surface area contributed by atoms with Crippen molar-refractivity contribution in [3.05, 3.63) is 0 Å². The summed E-state index contributed by atoms with van der Waals surface area (Å²) >= 11 is 3.59. The minimum Gasteiger partial charge on any atom is -0.332 e. The van der Waals surface area contributed by atoms with Gasteiger partial charge in [-0.3, -0.25) is 4.72 Å². The first kappa shape index (κ1) is 6.74. The number of thiol groups is 1. The summed E-state index contributed by atoms with van der Waals surface area (Å²) in [4.78, 5) is 10.6. The van der Waals surface area contributed by atoms with Crippen LogP contribution in [-0.4, -0.2) is 11.6 Å². The average Bonchev–Trinajstić information content (AvgIpc) is 2.48. The van der Waals surface area contributed by atoms with Crippen molar-refractivity contribution >= 4 is 18.8 Å². The summed E-state index contributed by atoms with van der Waals surface area (Å²) in [7, 11) is 0. The van der Waals surface area contributed by atoms with E-state index in [1.165, 1.54) is 0 Å². The first-order valence-electron chi connectivity index (χ1n) is 2.88. The first-order chi connectivity index (χ1) is 4.16. The third kappa shape index (κ3) is 1.78. The van der Waals surface area contributed by atoms with Crippen LogP contribution < -0.4 is 10.0 Å². The van der Waals surface area contributed by atoms with Crippen molar-refractivity contribution in [3.63, 3.8) is 0 Å². The van der Waals surface area contributed by atoms with Gasteiger partial charge in [-0.1, -0.05) is 12.8 Å². The van der Waals surface area contributed by atoms with Gasteiger partial charge in [0.25, 0.3) is 0 Å². The van der Waals surface area contributed by atoms with Gasteiger partial charge in [-0.2, -0.15) is 0 Å². The van der Waals surface area contributed by atoms with E-state index in [0.717, 1.165) is 12.8 Å². The zero-order valence-electron chi connectivity index (χ0n) is 5.27. The number of carbonyl (C=O) groups is 1. The number of nitrogens with one attached hydrogen (secondary N) is 2. The summed E-state index contributed by atoms with van der Waals surface area (Å²) in [6, 6.07) is -0.210. The van der Waals surface area contributed by atoms with E-state index in [1.54, 1.807) is 0 Å². The van der Waals surface area contributed by atoms with Gasteiger partial charge in [-0.25, -0.2) is 4.79 Å². The minimum absolute atomic E-state index is 0.0623. The van der Waals surface area contributed by atoms with Crippen LogP contribution in [0.2, 0.25) is 0 Å². The van der Waals surface area contributed by atoms with Crippen molar-refractivity contribution in [2.24, 2.45) is 0 Å². The Morgan fingerprint density at radius 2 is 2.22 bits per heavy atom. The lowest BCUT2D eigenvalue weighted by atomic mass is 10.3. The molecule has 0 atom stereocenters. The number of urea groups is 1. The molecule has 0 aliphatic heterocycles.